The third-order valence-corrected chi connectivity index (χ3v) is 5.46. The highest BCUT2D eigenvalue weighted by Gasteiger charge is 2.21. The molecule has 2 heterocycles. The van der Waals surface area contributed by atoms with Gasteiger partial charge in [0.2, 0.25) is 0 Å². The zero-order valence-electron chi connectivity index (χ0n) is 18.3. The first-order valence-electron chi connectivity index (χ1n) is 10.5. The molecule has 4 rings (SSSR count). The van der Waals surface area contributed by atoms with Crippen LogP contribution in [0.25, 0.3) is 0 Å². The van der Waals surface area contributed by atoms with Crippen LogP contribution >= 0.6 is 0 Å². The van der Waals surface area contributed by atoms with Crippen LogP contribution in [-0.2, 0) is 0 Å². The molecule has 0 atom stereocenters. The molecule has 33 heavy (non-hydrogen) atoms. The number of rotatable bonds is 4. The van der Waals surface area contributed by atoms with E-state index in [0.717, 1.165) is 30.7 Å². The largest absolute Gasteiger partial charge is 0.358 e. The van der Waals surface area contributed by atoms with E-state index in [-0.39, 0.29) is 16.8 Å². The Morgan fingerprint density at radius 1 is 1.00 bits per heavy atom. The minimum atomic E-state index is -0.755. The number of amidine groups is 2. The number of anilines is 1. The lowest BCUT2D eigenvalue weighted by Gasteiger charge is -2.16. The summed E-state index contributed by atoms with van der Waals surface area (Å²) in [5, 5.41) is 5.17. The third kappa shape index (κ3) is 4.97. The van der Waals surface area contributed by atoms with E-state index in [1.54, 1.807) is 12.3 Å². The maximum atomic E-state index is 14.8. The van der Waals surface area contributed by atoms with Crippen LogP contribution in [-0.4, -0.2) is 48.5 Å². The quantitative estimate of drug-likeness (QED) is 0.743. The fourth-order valence-corrected chi connectivity index (χ4v) is 3.61. The first kappa shape index (κ1) is 22.3. The molecule has 9 heteroatoms. The summed E-state index contributed by atoms with van der Waals surface area (Å²) in [5.41, 5.74) is 1.43. The second-order valence-corrected chi connectivity index (χ2v) is 7.97. The molecule has 2 N–H and O–H groups in total. The topological polar surface area (TPSA) is 86.2 Å². The van der Waals surface area contributed by atoms with Gasteiger partial charge in [0.1, 0.15) is 23.3 Å². The molecular formula is C24H23F2N5O2. The summed E-state index contributed by atoms with van der Waals surface area (Å²) in [6, 6.07) is 7.64. The Morgan fingerprint density at radius 2 is 1.79 bits per heavy atom. The summed E-state index contributed by atoms with van der Waals surface area (Å²) in [6.07, 6.45) is 2.96. The molecule has 0 fully saturated rings. The molecule has 0 saturated carbocycles. The molecule has 170 valence electrons. The van der Waals surface area contributed by atoms with Gasteiger partial charge in [0.15, 0.2) is 0 Å². The zero-order valence-corrected chi connectivity index (χ0v) is 18.3. The number of hydrogen-bond acceptors (Lipinski definition) is 5. The predicted molar refractivity (Wildman–Crippen MR) is 123 cm³/mol. The van der Waals surface area contributed by atoms with E-state index in [4.69, 9.17) is 0 Å². The maximum absolute atomic E-state index is 14.8. The molecule has 2 aromatic rings. The van der Waals surface area contributed by atoms with Crippen molar-refractivity contribution in [2.45, 2.75) is 19.8 Å². The van der Waals surface area contributed by atoms with Gasteiger partial charge in [-0.1, -0.05) is 11.6 Å². The smallest absolute Gasteiger partial charge is 0.258 e. The summed E-state index contributed by atoms with van der Waals surface area (Å²) in [5.74, 6) is -1.62. The SMILES string of the molecule is CC1=CN=C(NC(=O)c2cc(F)ccc2NC(=O)c2ccc(C3=NCCN3C)cc2F)CC1. The average Bonchev–Trinajstić information content (AvgIpc) is 3.22. The van der Waals surface area contributed by atoms with Crippen LogP contribution in [0.1, 0.15) is 46.0 Å². The number of nitrogens with zero attached hydrogens (tertiary/aromatic N) is 3. The van der Waals surface area contributed by atoms with Gasteiger partial charge in [-0.2, -0.15) is 0 Å². The van der Waals surface area contributed by atoms with Gasteiger partial charge in [-0.25, -0.2) is 13.8 Å². The van der Waals surface area contributed by atoms with Crippen molar-refractivity contribution in [2.75, 3.05) is 25.5 Å². The van der Waals surface area contributed by atoms with Crippen molar-refractivity contribution >= 4 is 29.2 Å². The first-order chi connectivity index (χ1) is 15.8. The van der Waals surface area contributed by atoms with Gasteiger partial charge in [0.25, 0.3) is 11.8 Å². The van der Waals surface area contributed by atoms with Crippen molar-refractivity contribution in [3.63, 3.8) is 0 Å². The van der Waals surface area contributed by atoms with Crippen molar-refractivity contribution in [3.05, 3.63) is 76.5 Å². The normalized spacial score (nSPS) is 15.5. The summed E-state index contributed by atoms with van der Waals surface area (Å²) < 4.78 is 28.6. The summed E-state index contributed by atoms with van der Waals surface area (Å²) >= 11 is 0. The van der Waals surface area contributed by atoms with Crippen LogP contribution in [0, 0.1) is 11.6 Å². The Hall–Kier alpha value is -3.88. The van der Waals surface area contributed by atoms with Gasteiger partial charge in [0, 0.05) is 31.8 Å². The number of carbonyl (C=O) groups excluding carboxylic acids is 2. The lowest BCUT2D eigenvalue weighted by Crippen LogP contribution is -2.32. The summed E-state index contributed by atoms with van der Waals surface area (Å²) in [4.78, 5) is 35.9. The lowest BCUT2D eigenvalue weighted by molar-refractivity contribution is 0.0976. The number of carbonyl (C=O) groups is 2. The van der Waals surface area contributed by atoms with Crippen molar-refractivity contribution in [1.82, 2.24) is 10.2 Å². The highest BCUT2D eigenvalue weighted by molar-refractivity contribution is 6.13. The van der Waals surface area contributed by atoms with Gasteiger partial charge in [-0.05, 0) is 43.7 Å². The van der Waals surface area contributed by atoms with E-state index in [1.807, 2.05) is 18.9 Å². The van der Waals surface area contributed by atoms with Crippen LogP contribution in [0.15, 0.2) is 58.2 Å². The number of halogens is 2. The number of allylic oxidation sites excluding steroid dienone is 1. The minimum Gasteiger partial charge on any atom is -0.358 e. The van der Waals surface area contributed by atoms with Crippen molar-refractivity contribution in [1.29, 1.82) is 0 Å². The lowest BCUT2D eigenvalue weighted by atomic mass is 10.1. The van der Waals surface area contributed by atoms with Gasteiger partial charge in [0.05, 0.1) is 23.4 Å². The van der Waals surface area contributed by atoms with E-state index < -0.39 is 23.4 Å². The number of amides is 2. The molecule has 2 aromatic carbocycles. The van der Waals surface area contributed by atoms with E-state index in [2.05, 4.69) is 20.6 Å². The molecule has 0 spiro atoms. The summed E-state index contributed by atoms with van der Waals surface area (Å²) in [7, 11) is 1.86. The Morgan fingerprint density at radius 3 is 2.45 bits per heavy atom. The third-order valence-electron chi connectivity index (χ3n) is 5.46. The predicted octanol–water partition coefficient (Wildman–Crippen LogP) is 3.74. The Labute approximate surface area is 189 Å². The number of aliphatic imine (C=N–C) groups is 2. The highest BCUT2D eigenvalue weighted by Crippen LogP contribution is 2.21. The summed E-state index contributed by atoms with van der Waals surface area (Å²) in [6.45, 7) is 3.32. The van der Waals surface area contributed by atoms with Crippen molar-refractivity contribution in [3.8, 4) is 0 Å². The molecule has 0 saturated heterocycles. The first-order valence-corrected chi connectivity index (χ1v) is 10.5. The molecule has 0 aliphatic carbocycles. The molecule has 0 aromatic heterocycles. The minimum absolute atomic E-state index is 0.0606. The average molecular weight is 451 g/mol. The number of nitrogens with one attached hydrogen (secondary N) is 2. The number of likely N-dealkylation sites (N-methyl/N-ethyl adjacent to an activating group) is 1. The maximum Gasteiger partial charge on any atom is 0.258 e. The number of hydrogen-bond donors (Lipinski definition) is 2. The molecule has 2 aliphatic heterocycles. The second-order valence-electron chi connectivity index (χ2n) is 7.97. The van der Waals surface area contributed by atoms with Crippen molar-refractivity contribution in [2.24, 2.45) is 9.98 Å². The standard InChI is InChI=1S/C24H23F2N5O2/c1-14-3-8-21(28-13-14)30-24(33)18-12-16(25)5-7-20(18)29-23(32)17-6-4-15(11-19(17)26)22-27-9-10-31(22)2/h4-7,11-13H,3,8-10H2,1-2H3,(H,29,32)(H,28,30,33). The van der Waals surface area contributed by atoms with Crippen LogP contribution < -0.4 is 10.6 Å². The van der Waals surface area contributed by atoms with Gasteiger partial charge in [-0.3, -0.25) is 14.6 Å². The Kier molecular flexibility index (Phi) is 6.30. The highest BCUT2D eigenvalue weighted by atomic mass is 19.1. The van der Waals surface area contributed by atoms with Crippen LogP contribution in [0.2, 0.25) is 0 Å². The molecule has 0 bridgehead atoms. The Balaban J connectivity index is 1.54. The second kappa shape index (κ2) is 9.32. The van der Waals surface area contributed by atoms with Gasteiger partial charge >= 0.3 is 0 Å². The van der Waals surface area contributed by atoms with E-state index in [9.17, 15) is 18.4 Å². The van der Waals surface area contributed by atoms with Crippen molar-refractivity contribution < 1.29 is 18.4 Å². The fourth-order valence-electron chi connectivity index (χ4n) is 3.61. The number of benzene rings is 2. The van der Waals surface area contributed by atoms with Gasteiger partial charge < -0.3 is 15.5 Å². The Bertz CT molecular complexity index is 1220. The van der Waals surface area contributed by atoms with E-state index in [0.29, 0.717) is 30.2 Å². The molecule has 7 nitrogen and oxygen atoms in total. The zero-order chi connectivity index (χ0) is 23.5. The van der Waals surface area contributed by atoms with Crippen LogP contribution in [0.4, 0.5) is 14.5 Å². The molecule has 2 aliphatic rings. The van der Waals surface area contributed by atoms with Crippen LogP contribution in [0.3, 0.4) is 0 Å². The van der Waals surface area contributed by atoms with E-state index in [1.165, 1.54) is 18.2 Å². The van der Waals surface area contributed by atoms with E-state index >= 15 is 0 Å². The molecule has 2 amide bonds. The molecule has 0 radical (unpaired) electrons. The monoisotopic (exact) mass is 451 g/mol. The van der Waals surface area contributed by atoms with Crippen LogP contribution in [0.5, 0.6) is 0 Å². The fraction of sp³-hybridized carbons (Fsp3) is 0.250. The molecular weight excluding hydrogens is 428 g/mol. The van der Waals surface area contributed by atoms with Gasteiger partial charge in [-0.15, -0.1) is 0 Å². The molecule has 0 unspecified atom stereocenters.